The number of aromatic amines is 2. The number of benzene rings is 1. The molecule has 7 aromatic rings. The summed E-state index contributed by atoms with van der Waals surface area (Å²) in [6, 6.07) is 18.8. The minimum absolute atomic E-state index is 0.197. The summed E-state index contributed by atoms with van der Waals surface area (Å²) in [6.45, 7) is 0. The molecule has 6 aromatic heterocycles. The molecular formula is C26H14N6O2S2. The number of hydrogen-bond donors (Lipinski definition) is 2. The highest BCUT2D eigenvalue weighted by Crippen LogP contribution is 2.33. The molecule has 0 amide bonds. The average molecular weight is 507 g/mol. The van der Waals surface area contributed by atoms with Crippen LogP contribution in [0.5, 0.6) is 0 Å². The maximum Gasteiger partial charge on any atom is 0.269 e. The molecule has 0 spiro atoms. The number of nitrogens with zero attached hydrogens (tertiary/aromatic N) is 4. The number of thiophene rings is 2. The maximum atomic E-state index is 12.9. The Morgan fingerprint density at radius 3 is 2.25 bits per heavy atom. The van der Waals surface area contributed by atoms with E-state index in [0.29, 0.717) is 49.2 Å². The quantitative estimate of drug-likeness (QED) is 0.339. The van der Waals surface area contributed by atoms with Gasteiger partial charge in [0.1, 0.15) is 20.8 Å². The summed E-state index contributed by atoms with van der Waals surface area (Å²) < 4.78 is 2.11. The number of pyridine rings is 2. The fourth-order valence-corrected chi connectivity index (χ4v) is 6.10. The van der Waals surface area contributed by atoms with E-state index in [2.05, 4.69) is 15.0 Å². The molecule has 1 aromatic carbocycles. The summed E-state index contributed by atoms with van der Waals surface area (Å²) in [7, 11) is 0. The van der Waals surface area contributed by atoms with Crippen molar-refractivity contribution in [3.05, 3.63) is 92.9 Å². The van der Waals surface area contributed by atoms with Crippen molar-refractivity contribution in [2.45, 2.75) is 0 Å². The first kappa shape index (κ1) is 20.8. The normalized spacial score (nSPS) is 11.6. The van der Waals surface area contributed by atoms with Crippen molar-refractivity contribution in [3.8, 4) is 34.3 Å². The van der Waals surface area contributed by atoms with Gasteiger partial charge in [0.2, 0.25) is 0 Å². The molecule has 0 fully saturated rings. The van der Waals surface area contributed by atoms with Gasteiger partial charge >= 0.3 is 0 Å². The van der Waals surface area contributed by atoms with Crippen LogP contribution < -0.4 is 11.1 Å². The van der Waals surface area contributed by atoms with E-state index in [1.54, 1.807) is 24.4 Å². The van der Waals surface area contributed by atoms with Crippen LogP contribution >= 0.6 is 22.7 Å². The standard InChI is InChI=1S/C26H14N6O2S2/c33-25-21-20(30-23(31-25)16-7-3-4-11-27-16)14(12-35-21)15-8-5-9-17(28-15)24-29-19-13-6-1-2-10-18(13)36-22(19)26(34)32-24/h1-12H,(H,29,32,34)(H,30,31,33). The van der Waals surface area contributed by atoms with Crippen molar-refractivity contribution in [2.75, 3.05) is 0 Å². The van der Waals surface area contributed by atoms with Crippen LogP contribution in [0, 0.1) is 0 Å². The topological polar surface area (TPSA) is 117 Å². The molecule has 6 heterocycles. The minimum atomic E-state index is -0.228. The predicted molar refractivity (Wildman–Crippen MR) is 143 cm³/mol. The van der Waals surface area contributed by atoms with E-state index in [4.69, 9.17) is 15.0 Å². The number of H-pyrrole nitrogens is 2. The molecule has 0 atom stereocenters. The van der Waals surface area contributed by atoms with E-state index in [0.717, 1.165) is 15.6 Å². The Kier molecular flexibility index (Phi) is 4.63. The highest BCUT2D eigenvalue weighted by Gasteiger charge is 2.17. The van der Waals surface area contributed by atoms with Crippen LogP contribution in [0.1, 0.15) is 0 Å². The van der Waals surface area contributed by atoms with Gasteiger partial charge in [-0.2, -0.15) is 0 Å². The number of hydrogen-bond acceptors (Lipinski definition) is 8. The highest BCUT2D eigenvalue weighted by molar-refractivity contribution is 7.25. The molecule has 0 aliphatic rings. The monoisotopic (exact) mass is 506 g/mol. The van der Waals surface area contributed by atoms with Gasteiger partial charge in [-0.25, -0.2) is 15.0 Å². The number of nitrogens with one attached hydrogen (secondary N) is 2. The maximum absolute atomic E-state index is 12.9. The Bertz CT molecular complexity index is 2060. The average Bonchev–Trinajstić information content (AvgIpc) is 3.52. The van der Waals surface area contributed by atoms with Gasteiger partial charge in [0.25, 0.3) is 11.1 Å². The number of fused-ring (bicyclic) bond motifs is 4. The first-order valence-corrected chi connectivity index (χ1v) is 12.7. The summed E-state index contributed by atoms with van der Waals surface area (Å²) in [5.41, 5.74) is 3.24. The van der Waals surface area contributed by atoms with Crippen LogP contribution in [0.15, 0.2) is 81.8 Å². The molecule has 0 bridgehead atoms. The lowest BCUT2D eigenvalue weighted by atomic mass is 10.1. The Hall–Kier alpha value is -4.54. The van der Waals surface area contributed by atoms with Gasteiger partial charge in [-0.05, 0) is 30.3 Å². The summed E-state index contributed by atoms with van der Waals surface area (Å²) in [5.74, 6) is 0.780. The Morgan fingerprint density at radius 2 is 1.39 bits per heavy atom. The van der Waals surface area contributed by atoms with Gasteiger partial charge in [0.15, 0.2) is 11.6 Å². The Morgan fingerprint density at radius 1 is 0.667 bits per heavy atom. The van der Waals surface area contributed by atoms with Gasteiger partial charge in [-0.3, -0.25) is 14.6 Å². The molecule has 36 heavy (non-hydrogen) atoms. The molecule has 172 valence electrons. The van der Waals surface area contributed by atoms with Crippen LogP contribution in [0.4, 0.5) is 0 Å². The van der Waals surface area contributed by atoms with Crippen molar-refractivity contribution in [2.24, 2.45) is 0 Å². The fourth-order valence-electron chi connectivity index (χ4n) is 4.17. The first-order valence-electron chi connectivity index (χ1n) is 11.0. The van der Waals surface area contributed by atoms with E-state index < -0.39 is 0 Å². The van der Waals surface area contributed by atoms with Crippen LogP contribution in [-0.2, 0) is 0 Å². The molecule has 0 saturated carbocycles. The lowest BCUT2D eigenvalue weighted by Gasteiger charge is -2.05. The zero-order valence-corrected chi connectivity index (χ0v) is 20.0. The van der Waals surface area contributed by atoms with E-state index in [1.807, 2.05) is 47.8 Å². The number of aromatic nitrogens is 6. The summed E-state index contributed by atoms with van der Waals surface area (Å²) in [6.07, 6.45) is 1.65. The third kappa shape index (κ3) is 3.27. The molecule has 0 unspecified atom stereocenters. The highest BCUT2D eigenvalue weighted by atomic mass is 32.1. The second-order valence-corrected chi connectivity index (χ2v) is 9.99. The molecule has 8 nitrogen and oxygen atoms in total. The number of rotatable bonds is 3. The second kappa shape index (κ2) is 8.01. The van der Waals surface area contributed by atoms with E-state index in [1.165, 1.54) is 22.7 Å². The van der Waals surface area contributed by atoms with Crippen molar-refractivity contribution < 1.29 is 0 Å². The lowest BCUT2D eigenvalue weighted by Crippen LogP contribution is -2.09. The molecule has 2 N–H and O–H groups in total. The van der Waals surface area contributed by atoms with Gasteiger partial charge in [0.05, 0.1) is 16.7 Å². The first-order chi connectivity index (χ1) is 17.7. The van der Waals surface area contributed by atoms with E-state index >= 15 is 0 Å². The lowest BCUT2D eigenvalue weighted by molar-refractivity contribution is 1.14. The molecule has 7 rings (SSSR count). The Balaban J connectivity index is 1.39. The third-order valence-electron chi connectivity index (χ3n) is 5.83. The van der Waals surface area contributed by atoms with Gasteiger partial charge < -0.3 is 9.97 Å². The smallest absolute Gasteiger partial charge is 0.269 e. The van der Waals surface area contributed by atoms with Gasteiger partial charge in [-0.1, -0.05) is 30.3 Å². The van der Waals surface area contributed by atoms with E-state index in [-0.39, 0.29) is 11.1 Å². The molecular weight excluding hydrogens is 492 g/mol. The molecule has 10 heteroatoms. The van der Waals surface area contributed by atoms with Gasteiger partial charge in [-0.15, -0.1) is 22.7 Å². The zero-order valence-electron chi connectivity index (χ0n) is 18.4. The van der Waals surface area contributed by atoms with Crippen molar-refractivity contribution in [1.82, 2.24) is 29.9 Å². The largest absolute Gasteiger partial charge is 0.304 e. The van der Waals surface area contributed by atoms with Gasteiger partial charge in [0, 0.05) is 27.2 Å². The Labute approximate surface area is 210 Å². The van der Waals surface area contributed by atoms with Crippen LogP contribution in [0.3, 0.4) is 0 Å². The molecule has 0 aliphatic heterocycles. The summed E-state index contributed by atoms with van der Waals surface area (Å²) >= 11 is 2.73. The fraction of sp³-hybridized carbons (Fsp3) is 0. The second-order valence-electron chi connectivity index (χ2n) is 8.06. The molecule has 0 aliphatic carbocycles. The van der Waals surface area contributed by atoms with Crippen LogP contribution in [0.25, 0.3) is 64.8 Å². The van der Waals surface area contributed by atoms with Crippen LogP contribution in [-0.4, -0.2) is 29.9 Å². The third-order valence-corrected chi connectivity index (χ3v) is 7.96. The van der Waals surface area contributed by atoms with Crippen LogP contribution in [0.2, 0.25) is 0 Å². The zero-order chi connectivity index (χ0) is 24.2. The van der Waals surface area contributed by atoms with E-state index in [9.17, 15) is 9.59 Å². The summed E-state index contributed by atoms with van der Waals surface area (Å²) in [5, 5.41) is 2.81. The predicted octanol–water partition coefficient (Wildman–Crippen LogP) is 5.23. The van der Waals surface area contributed by atoms with Crippen molar-refractivity contribution >= 4 is 53.2 Å². The SMILES string of the molecule is O=c1[nH]c(-c2ccccn2)nc2c(-c3cccc(-c4nc5c(sc6ccccc65)c(=O)[nH]4)n3)csc12. The summed E-state index contributed by atoms with van der Waals surface area (Å²) in [4.78, 5) is 49.9. The van der Waals surface area contributed by atoms with Crippen molar-refractivity contribution in [3.63, 3.8) is 0 Å². The minimum Gasteiger partial charge on any atom is -0.304 e. The molecule has 0 radical (unpaired) electrons. The molecule has 0 saturated heterocycles. The van der Waals surface area contributed by atoms with Crippen molar-refractivity contribution in [1.29, 1.82) is 0 Å².